The molecular formula is C39H54N10O14S. The van der Waals surface area contributed by atoms with E-state index in [2.05, 4.69) is 42.2 Å². The van der Waals surface area contributed by atoms with Gasteiger partial charge in [0.15, 0.2) is 0 Å². The van der Waals surface area contributed by atoms with Gasteiger partial charge in [0.05, 0.1) is 66.3 Å². The number of H-pyrrole nitrogens is 1. The van der Waals surface area contributed by atoms with E-state index in [0.717, 1.165) is 4.90 Å². The Morgan fingerprint density at radius 3 is 2.19 bits per heavy atom. The number of phenolic OH excluding ortho intramolecular Hbond substituents is 1. The maximum absolute atomic E-state index is 14.6. The summed E-state index contributed by atoms with van der Waals surface area (Å²) in [4.78, 5) is 127. The summed E-state index contributed by atoms with van der Waals surface area (Å²) in [6.45, 7) is 1.27. The number of benzene rings is 1. The van der Waals surface area contributed by atoms with Gasteiger partial charge in [-0.3, -0.25) is 47.4 Å². The maximum atomic E-state index is 14.6. The number of carbonyl (C=O) groups is 9. The lowest BCUT2D eigenvalue weighted by Gasteiger charge is -2.30. The molecule has 64 heavy (non-hydrogen) atoms. The second kappa shape index (κ2) is 21.0. The van der Waals surface area contributed by atoms with Crippen LogP contribution in [0.25, 0.3) is 10.9 Å². The SMILES string of the molecule is CC[C@H](C)[C@@H]1NC(=O)CNC(=O)[C@H]2Cc3c([nH]c4cc(O)ccc34)[S@](=O)C[C@@H](NC(=O)CNC1=O)C(=O)N[C@H](CC(N)=O)C(=O)N1C[C@@H](O)[C@@H](C1)C(=O)N[C@@H]([C@@H](C)[C@@H](O)CO)C(=O)N2. The number of phenols is 1. The summed E-state index contributed by atoms with van der Waals surface area (Å²) >= 11 is 0. The summed E-state index contributed by atoms with van der Waals surface area (Å²) in [5.74, 6) is -13.2. The molecule has 1 fully saturated rings. The smallest absolute Gasteiger partial charge is 0.245 e. The predicted molar refractivity (Wildman–Crippen MR) is 222 cm³/mol. The van der Waals surface area contributed by atoms with E-state index in [1.807, 2.05) is 0 Å². The van der Waals surface area contributed by atoms with E-state index in [1.165, 1.54) is 25.1 Å². The molecule has 1 aromatic carbocycles. The molecule has 0 saturated carbocycles. The van der Waals surface area contributed by atoms with Gasteiger partial charge in [-0.1, -0.05) is 27.2 Å². The summed E-state index contributed by atoms with van der Waals surface area (Å²) in [6.07, 6.45) is -4.18. The monoisotopic (exact) mass is 918 g/mol. The highest BCUT2D eigenvalue weighted by Gasteiger charge is 2.44. The Morgan fingerprint density at radius 2 is 1.53 bits per heavy atom. The summed E-state index contributed by atoms with van der Waals surface area (Å²) in [5, 5.41) is 59.1. The number of hydrogen-bond donors (Lipinski definition) is 13. The van der Waals surface area contributed by atoms with E-state index in [0.29, 0.717) is 6.42 Å². The van der Waals surface area contributed by atoms with Gasteiger partial charge in [-0.25, -0.2) is 0 Å². The number of nitrogens with one attached hydrogen (secondary N) is 8. The second-order valence-electron chi connectivity index (χ2n) is 16.2. The van der Waals surface area contributed by atoms with Gasteiger partial charge in [0.2, 0.25) is 53.2 Å². The van der Waals surface area contributed by atoms with Gasteiger partial charge < -0.3 is 73.3 Å². The fourth-order valence-electron chi connectivity index (χ4n) is 7.65. The predicted octanol–water partition coefficient (Wildman–Crippen LogP) is -6.06. The summed E-state index contributed by atoms with van der Waals surface area (Å²) in [7, 11) is -2.38. The number of hydrogen-bond acceptors (Lipinski definition) is 14. The highest BCUT2D eigenvalue weighted by molar-refractivity contribution is 7.85. The Bertz CT molecular complexity index is 2200. The van der Waals surface area contributed by atoms with Crippen molar-refractivity contribution in [3.8, 4) is 5.75 Å². The number of aliphatic hydroxyl groups excluding tert-OH is 3. The number of aromatic nitrogens is 1. The normalized spacial score (nSPS) is 28.5. The van der Waals surface area contributed by atoms with Crippen LogP contribution in [0.4, 0.5) is 0 Å². The molecule has 9 amide bonds. The topological polar surface area (TPSA) is 381 Å². The van der Waals surface area contributed by atoms with E-state index in [9.17, 15) is 67.8 Å². The van der Waals surface area contributed by atoms with Crippen LogP contribution in [-0.4, -0.2) is 169 Å². The number of rotatable bonds is 7. The lowest BCUT2D eigenvalue weighted by molar-refractivity contribution is -0.139. The van der Waals surface area contributed by atoms with E-state index >= 15 is 0 Å². The highest BCUT2D eigenvalue weighted by atomic mass is 32.2. The van der Waals surface area contributed by atoms with Crippen molar-refractivity contribution in [1.82, 2.24) is 47.1 Å². The average Bonchev–Trinajstić information content (AvgIpc) is 3.82. The number of fused-ring (bicyclic) bond motifs is 6. The molecule has 25 heteroatoms. The van der Waals surface area contributed by atoms with Crippen LogP contribution in [-0.2, 0) is 60.4 Å². The molecule has 1 saturated heterocycles. The van der Waals surface area contributed by atoms with Crippen molar-refractivity contribution >= 4 is 74.9 Å². The first-order valence-corrected chi connectivity index (χ1v) is 21.9. The van der Waals surface area contributed by atoms with Crippen LogP contribution in [0.15, 0.2) is 23.2 Å². The number of primary amides is 1. The van der Waals surface area contributed by atoms with Gasteiger partial charge in [0.25, 0.3) is 0 Å². The number of aliphatic hydroxyl groups is 3. The maximum Gasteiger partial charge on any atom is 0.245 e. The largest absolute Gasteiger partial charge is 0.508 e. The summed E-state index contributed by atoms with van der Waals surface area (Å²) in [6, 6.07) is -4.30. The minimum atomic E-state index is -2.38. The van der Waals surface area contributed by atoms with Crippen LogP contribution >= 0.6 is 0 Å². The average molecular weight is 919 g/mol. The Morgan fingerprint density at radius 1 is 0.859 bits per heavy atom. The molecule has 0 unspecified atom stereocenters. The summed E-state index contributed by atoms with van der Waals surface area (Å²) < 4.78 is 14.6. The zero-order valence-electron chi connectivity index (χ0n) is 35.2. The van der Waals surface area contributed by atoms with Crippen molar-refractivity contribution in [3.63, 3.8) is 0 Å². The molecule has 24 nitrogen and oxygen atoms in total. The molecular weight excluding hydrogens is 865 g/mol. The van der Waals surface area contributed by atoms with Crippen molar-refractivity contribution < 1.29 is 67.8 Å². The first-order valence-electron chi connectivity index (χ1n) is 20.5. The van der Waals surface area contributed by atoms with Crippen LogP contribution in [0.2, 0.25) is 0 Å². The lowest BCUT2D eigenvalue weighted by Crippen LogP contribution is -2.59. The van der Waals surface area contributed by atoms with Gasteiger partial charge in [-0.2, -0.15) is 0 Å². The molecule has 4 bridgehead atoms. The molecule has 1 aromatic heterocycles. The zero-order valence-corrected chi connectivity index (χ0v) is 36.0. The second-order valence-corrected chi connectivity index (χ2v) is 17.6. The van der Waals surface area contributed by atoms with Gasteiger partial charge >= 0.3 is 0 Å². The van der Waals surface area contributed by atoms with Crippen molar-refractivity contribution in [1.29, 1.82) is 0 Å². The minimum Gasteiger partial charge on any atom is -0.508 e. The number of aromatic amines is 1. The van der Waals surface area contributed by atoms with E-state index in [1.54, 1.807) is 13.8 Å². The zero-order chi connectivity index (χ0) is 47.2. The number of nitrogens with zero attached hydrogens (tertiary/aromatic N) is 1. The third-order valence-corrected chi connectivity index (χ3v) is 13.0. The number of amides is 9. The van der Waals surface area contributed by atoms with E-state index in [-0.39, 0.29) is 27.2 Å². The first kappa shape index (κ1) is 48.8. The number of carbonyl (C=O) groups excluding carboxylic acids is 9. The van der Waals surface area contributed by atoms with Crippen molar-refractivity contribution in [2.45, 2.75) is 87.5 Å². The molecule has 0 spiro atoms. The molecule has 4 heterocycles. The van der Waals surface area contributed by atoms with Gasteiger partial charge in [0, 0.05) is 36.9 Å². The van der Waals surface area contributed by atoms with E-state index in [4.69, 9.17) is 5.73 Å². The molecule has 5 rings (SSSR count). The van der Waals surface area contributed by atoms with E-state index < -0.39 is 176 Å². The molecule has 0 aliphatic carbocycles. The van der Waals surface area contributed by atoms with Crippen LogP contribution in [0.5, 0.6) is 5.75 Å². The fourth-order valence-corrected chi connectivity index (χ4v) is 9.05. The molecule has 11 atom stereocenters. The van der Waals surface area contributed by atoms with Crippen molar-refractivity contribution in [2.24, 2.45) is 23.5 Å². The highest BCUT2D eigenvalue weighted by Crippen LogP contribution is 2.30. The van der Waals surface area contributed by atoms with Gasteiger partial charge in [-0.15, -0.1) is 0 Å². The van der Waals surface area contributed by atoms with Crippen LogP contribution in [0.3, 0.4) is 0 Å². The number of nitrogens with two attached hydrogens (primary N) is 1. The molecule has 3 aliphatic rings. The van der Waals surface area contributed by atoms with Crippen LogP contribution in [0, 0.1) is 17.8 Å². The van der Waals surface area contributed by atoms with Gasteiger partial charge in [-0.05, 0) is 23.6 Å². The lowest BCUT2D eigenvalue weighted by atomic mass is 9.93. The third-order valence-electron chi connectivity index (χ3n) is 11.6. The molecule has 14 N–H and O–H groups in total. The Hall–Kier alpha value is -6.18. The summed E-state index contributed by atoms with van der Waals surface area (Å²) in [5.41, 5.74) is 5.70. The fraction of sp³-hybridized carbons (Fsp3) is 0.564. The Labute approximate surface area is 368 Å². The molecule has 0 radical (unpaired) electrons. The standard InChI is InChI=1S/C39H54N10O14S/c1-4-16(2)31-36(60)42-10-29(55)43-25-15-64(63)38-20(19-6-5-18(51)7-22(19)46-38)8-23(34(58)41-11-30(56)47-31)44-37(61)32(17(3)27(53)14-50)48-33(57)21-12-49(13-26(21)52)39(62)24(9-28(40)54)45-35(25)59/h5-7,16-17,21,23-27,31-32,46,50-53H,4,8-15H2,1-3H3,(H2,40,54)(H,41,58)(H,42,60)(H,43,55)(H,44,61)(H,45,59)(H,47,56)(H,48,57)/t16-,17-,21+,23+,24+,25+,26+,27-,31-,32-,64+/m0/s1. The molecule has 3 aliphatic heterocycles. The van der Waals surface area contributed by atoms with Crippen molar-refractivity contribution in [2.75, 3.05) is 38.5 Å². The van der Waals surface area contributed by atoms with Crippen LogP contribution < -0.4 is 43.0 Å². The third kappa shape index (κ3) is 11.5. The molecule has 350 valence electrons. The van der Waals surface area contributed by atoms with Crippen LogP contribution in [0.1, 0.15) is 39.2 Å². The quantitative estimate of drug-likeness (QED) is 0.123. The minimum absolute atomic E-state index is 0.0749. The Balaban J connectivity index is 1.72. The van der Waals surface area contributed by atoms with Crippen molar-refractivity contribution in [3.05, 3.63) is 23.8 Å². The van der Waals surface area contributed by atoms with Gasteiger partial charge in [0.1, 0.15) is 41.0 Å². The molecule has 2 aromatic rings. The Kier molecular flexibility index (Phi) is 16.0. The first-order chi connectivity index (χ1) is 30.2. The number of aromatic hydroxyl groups is 1.